The van der Waals surface area contributed by atoms with E-state index in [9.17, 15) is 53.1 Å². The van der Waals surface area contributed by atoms with Crippen LogP contribution in [0.5, 0.6) is 0 Å². The Bertz CT molecular complexity index is 1520. The molecule has 1 unspecified atom stereocenters. The number of amides is 11. The molecule has 23 nitrogen and oxygen atoms in total. The Morgan fingerprint density at radius 2 is 1.46 bits per heavy atom. The molecular formula is C35H59N11O12S. The number of aliphatic hydroxyl groups excluding tert-OH is 1. The first-order valence-corrected chi connectivity index (χ1v) is 20.5. The predicted octanol–water partition coefficient (Wildman–Crippen LogP) is -4.40. The molecule has 0 aromatic carbocycles. The smallest absolute Gasteiger partial charge is 0.315 e. The highest BCUT2D eigenvalue weighted by atomic mass is 32.2. The summed E-state index contributed by atoms with van der Waals surface area (Å²) in [6.45, 7) is 1.64. The van der Waals surface area contributed by atoms with Crippen LogP contribution in [0.4, 0.5) is 4.79 Å². The van der Waals surface area contributed by atoms with Crippen molar-refractivity contribution in [1.29, 1.82) is 0 Å². The monoisotopic (exact) mass is 857 g/mol. The molecule has 11 amide bonds. The van der Waals surface area contributed by atoms with Crippen LogP contribution in [0.3, 0.4) is 0 Å². The minimum absolute atomic E-state index is 0.0782. The van der Waals surface area contributed by atoms with Gasteiger partial charge in [-0.3, -0.25) is 48.4 Å². The van der Waals surface area contributed by atoms with Crippen LogP contribution in [-0.4, -0.2) is 137 Å². The average Bonchev–Trinajstić information content (AvgIpc) is 3.73. The largest absolute Gasteiger partial charge is 0.394 e. The first kappa shape index (κ1) is 49.9. The molecule has 59 heavy (non-hydrogen) atoms. The Morgan fingerprint density at radius 3 is 2.10 bits per heavy atom. The van der Waals surface area contributed by atoms with E-state index in [4.69, 9.17) is 16.7 Å². The molecule has 0 aliphatic carbocycles. The molecule has 0 aromatic rings. The van der Waals surface area contributed by atoms with Crippen molar-refractivity contribution in [3.05, 3.63) is 0 Å². The lowest BCUT2D eigenvalue weighted by atomic mass is 9.92. The van der Waals surface area contributed by atoms with Crippen molar-refractivity contribution in [2.75, 3.05) is 32.0 Å². The summed E-state index contributed by atoms with van der Waals surface area (Å²) in [5.74, 6) is -7.51. The average molecular weight is 858 g/mol. The van der Waals surface area contributed by atoms with Crippen LogP contribution < -0.4 is 59.5 Å². The van der Waals surface area contributed by atoms with Crippen LogP contribution in [0.2, 0.25) is 0 Å². The van der Waals surface area contributed by atoms with E-state index in [-0.39, 0.29) is 42.8 Å². The molecule has 0 saturated carbocycles. The number of hydrogen-bond acceptors (Lipinski definition) is 13. The molecule has 2 aliphatic rings. The molecule has 2 fully saturated rings. The van der Waals surface area contributed by atoms with E-state index < -0.39 is 104 Å². The number of carbonyl (C=O) groups excluding carboxylic acids is 10. The molecule has 332 valence electrons. The van der Waals surface area contributed by atoms with Crippen LogP contribution in [-0.2, 0) is 43.2 Å². The zero-order valence-corrected chi connectivity index (χ0v) is 34.1. The van der Waals surface area contributed by atoms with Crippen molar-refractivity contribution in [1.82, 2.24) is 48.0 Å². The fraction of sp³-hybridized carbons (Fsp3) is 0.714. The van der Waals surface area contributed by atoms with E-state index in [1.165, 1.54) is 5.48 Å². The summed E-state index contributed by atoms with van der Waals surface area (Å²) in [6.07, 6.45) is 2.98. The third-order valence-electron chi connectivity index (χ3n) is 9.41. The Morgan fingerprint density at radius 1 is 0.763 bits per heavy atom. The van der Waals surface area contributed by atoms with Gasteiger partial charge in [0.1, 0.15) is 18.1 Å². The van der Waals surface area contributed by atoms with Gasteiger partial charge in [0.25, 0.3) is 0 Å². The van der Waals surface area contributed by atoms with Crippen molar-refractivity contribution in [2.24, 2.45) is 23.3 Å². The molecule has 2 rings (SSSR count). The summed E-state index contributed by atoms with van der Waals surface area (Å²) in [4.78, 5) is 122. The van der Waals surface area contributed by atoms with Gasteiger partial charge in [0.15, 0.2) is 0 Å². The van der Waals surface area contributed by atoms with Gasteiger partial charge in [-0.1, -0.05) is 20.3 Å². The van der Waals surface area contributed by atoms with Gasteiger partial charge in [0.05, 0.1) is 38.2 Å². The van der Waals surface area contributed by atoms with Gasteiger partial charge in [-0.25, -0.2) is 10.3 Å². The fourth-order valence-electron chi connectivity index (χ4n) is 6.41. The van der Waals surface area contributed by atoms with E-state index in [1.54, 1.807) is 13.8 Å². The van der Waals surface area contributed by atoms with Crippen molar-refractivity contribution in [2.45, 2.75) is 114 Å². The first-order chi connectivity index (χ1) is 27.9. The Labute approximate surface area is 345 Å². The Hall–Kier alpha value is -5.23. The van der Waals surface area contributed by atoms with Gasteiger partial charge >= 0.3 is 6.03 Å². The summed E-state index contributed by atoms with van der Waals surface area (Å²) in [5.41, 5.74) is 12.1. The van der Waals surface area contributed by atoms with E-state index in [0.29, 0.717) is 37.5 Å². The molecule has 15 N–H and O–H groups in total. The molecule has 7 atom stereocenters. The number of urea groups is 1. The second-order valence-electron chi connectivity index (χ2n) is 14.8. The number of thioether (sulfide) groups is 1. The zero-order chi connectivity index (χ0) is 44.1. The second kappa shape index (κ2) is 26.0. The predicted molar refractivity (Wildman–Crippen MR) is 210 cm³/mol. The van der Waals surface area contributed by atoms with Gasteiger partial charge in [-0.2, -0.15) is 11.8 Å². The number of hydrogen-bond donors (Lipinski definition) is 13. The number of primary amides is 2. The van der Waals surface area contributed by atoms with E-state index in [2.05, 4.69) is 42.5 Å². The quantitative estimate of drug-likeness (QED) is 0.0153. The van der Waals surface area contributed by atoms with Crippen LogP contribution in [0, 0.1) is 11.8 Å². The van der Waals surface area contributed by atoms with Gasteiger partial charge < -0.3 is 59.1 Å². The number of nitrogens with one attached hydrogen (secondary N) is 9. The molecule has 0 spiro atoms. The molecule has 2 aliphatic heterocycles. The Kier molecular flexibility index (Phi) is 22.0. The van der Waals surface area contributed by atoms with Crippen LogP contribution in [0.25, 0.3) is 0 Å². The minimum atomic E-state index is -1.65. The highest BCUT2D eigenvalue weighted by Crippen LogP contribution is 2.33. The number of aliphatic hydroxyl groups is 1. The number of unbranched alkanes of at least 4 members (excludes halogenated alkanes) is 2. The first-order valence-electron chi connectivity index (χ1n) is 19.4. The topological polar surface area (TPSA) is 371 Å². The van der Waals surface area contributed by atoms with Gasteiger partial charge in [-0.05, 0) is 44.4 Å². The fourth-order valence-corrected chi connectivity index (χ4v) is 7.96. The van der Waals surface area contributed by atoms with Crippen molar-refractivity contribution in [3.8, 4) is 0 Å². The molecule has 2 heterocycles. The number of hydroxylamine groups is 1. The van der Waals surface area contributed by atoms with E-state index >= 15 is 0 Å². The molecule has 2 saturated heterocycles. The maximum Gasteiger partial charge on any atom is 0.315 e. The normalized spacial score (nSPS) is 18.7. The lowest BCUT2D eigenvalue weighted by Gasteiger charge is -2.24. The minimum Gasteiger partial charge on any atom is -0.394 e. The van der Waals surface area contributed by atoms with Crippen LogP contribution in [0.1, 0.15) is 78.1 Å². The lowest BCUT2D eigenvalue weighted by Crippen LogP contribution is -2.57. The SMILES string of the molecule is CC(C)CC(CC(=O)NO)C(=O)N[C@@H](CC(N)=O)C(=O)N[C@@H](CO)C(=O)NCC(=O)NCC(=O)N[C@@H](CCCCNC(=O)CCCC[C@@H]1SC[C@@H]2NC(=O)N[C@@H]21)C(N)=O. The molecule has 0 aromatic heterocycles. The molecule has 24 heteroatoms. The summed E-state index contributed by atoms with van der Waals surface area (Å²) in [6, 6.07) is -4.17. The van der Waals surface area contributed by atoms with Gasteiger partial charge in [0, 0.05) is 36.3 Å². The van der Waals surface area contributed by atoms with Gasteiger partial charge in [-0.15, -0.1) is 0 Å². The highest BCUT2D eigenvalue weighted by Gasteiger charge is 2.42. The summed E-state index contributed by atoms with van der Waals surface area (Å²) >= 11 is 1.82. The zero-order valence-electron chi connectivity index (χ0n) is 33.3. The maximum absolute atomic E-state index is 13.0. The number of carbonyl (C=O) groups is 10. The van der Waals surface area contributed by atoms with E-state index in [1.807, 2.05) is 11.8 Å². The van der Waals surface area contributed by atoms with Crippen LogP contribution >= 0.6 is 11.8 Å². The third-order valence-corrected chi connectivity index (χ3v) is 10.9. The standard InChI is InChI=1S/C35H59N11O12S/c1-18(2)11-19(12-27(50)46-58)32(54)42-21(13-25(36)48)34(56)43-22(16-47)33(55)40-14-28(51)39-15-29(52)41-20(31(37)53)7-5-6-10-38-26(49)9-4-3-8-24-30-23(17-59-24)44-35(57)45-30/h18-24,30,47,58H,3-17H2,1-2H3,(H2,36,48)(H2,37,53)(H,38,49)(H,39,51)(H,40,55)(H,41,52)(H,42,54)(H,43,56)(H,46,50)(H2,44,45,57)/t19?,20-,21-,22-,23-,24-,30-/m0/s1. The van der Waals surface area contributed by atoms with E-state index in [0.717, 1.165) is 18.6 Å². The van der Waals surface area contributed by atoms with Crippen molar-refractivity contribution in [3.63, 3.8) is 0 Å². The summed E-state index contributed by atoms with van der Waals surface area (Å²) < 4.78 is 0. The third kappa shape index (κ3) is 18.9. The number of rotatable bonds is 28. The summed E-state index contributed by atoms with van der Waals surface area (Å²) in [7, 11) is 0. The Balaban J connectivity index is 1.70. The number of fused-ring (bicyclic) bond motifs is 1. The second-order valence-corrected chi connectivity index (χ2v) is 16.0. The maximum atomic E-state index is 13.0. The number of nitrogens with two attached hydrogens (primary N) is 2. The van der Waals surface area contributed by atoms with Crippen molar-refractivity contribution >= 4 is 71.0 Å². The van der Waals surface area contributed by atoms with Gasteiger partial charge in [0.2, 0.25) is 53.2 Å². The molecule has 0 bridgehead atoms. The van der Waals surface area contributed by atoms with Crippen LogP contribution in [0.15, 0.2) is 0 Å². The van der Waals surface area contributed by atoms with Crippen molar-refractivity contribution < 1.29 is 58.3 Å². The lowest BCUT2D eigenvalue weighted by molar-refractivity contribution is -0.138. The highest BCUT2D eigenvalue weighted by molar-refractivity contribution is 8.00. The summed E-state index contributed by atoms with van der Waals surface area (Å²) in [5, 5.41) is 38.9. The molecule has 0 radical (unpaired) electrons. The molecular weight excluding hydrogens is 799 g/mol.